The molecule has 2 rings (SSSR count). The summed E-state index contributed by atoms with van der Waals surface area (Å²) in [6.45, 7) is 4.16. The lowest BCUT2D eigenvalue weighted by Gasteiger charge is -2.01. The van der Waals surface area contributed by atoms with Crippen LogP contribution in [0.2, 0.25) is 0 Å². The summed E-state index contributed by atoms with van der Waals surface area (Å²) in [4.78, 5) is 12.1. The standard InChI is InChI=1S/C16H26N2O/c1-3-4-9-12(2)17-18-16(19)15-13-10-7-5-6-8-11-14(13)15/h5-6,13-15H,3-4,7-11H2,1-2H3,(H,18,19)/b6-5-,17-12-. The van der Waals surface area contributed by atoms with Gasteiger partial charge in [0.15, 0.2) is 0 Å². The number of carbonyl (C=O) groups excluding carboxylic acids is 1. The van der Waals surface area contributed by atoms with Gasteiger partial charge >= 0.3 is 0 Å². The van der Waals surface area contributed by atoms with Gasteiger partial charge in [0.1, 0.15) is 0 Å². The smallest absolute Gasteiger partial charge is 0.243 e. The number of nitrogens with zero attached hydrogens (tertiary/aromatic N) is 1. The molecule has 0 bridgehead atoms. The molecule has 0 radical (unpaired) electrons. The van der Waals surface area contributed by atoms with Crippen molar-refractivity contribution < 1.29 is 4.79 Å². The SMILES string of the molecule is CCCC/C(C)=N\NC(=O)C1C2CC/C=C\CCC21. The van der Waals surface area contributed by atoms with Crippen LogP contribution in [0.25, 0.3) is 0 Å². The van der Waals surface area contributed by atoms with E-state index in [-0.39, 0.29) is 11.8 Å². The molecule has 0 aromatic rings. The van der Waals surface area contributed by atoms with E-state index in [9.17, 15) is 4.79 Å². The van der Waals surface area contributed by atoms with Gasteiger partial charge < -0.3 is 0 Å². The highest BCUT2D eigenvalue weighted by Gasteiger charge is 2.53. The summed E-state index contributed by atoms with van der Waals surface area (Å²) in [6, 6.07) is 0. The Morgan fingerprint density at radius 2 is 1.89 bits per heavy atom. The molecular formula is C16H26N2O. The van der Waals surface area contributed by atoms with Crippen LogP contribution in [0, 0.1) is 17.8 Å². The van der Waals surface area contributed by atoms with Crippen molar-refractivity contribution in [1.29, 1.82) is 0 Å². The zero-order valence-electron chi connectivity index (χ0n) is 12.2. The molecule has 2 aliphatic carbocycles. The average Bonchev–Trinajstić information content (AvgIpc) is 3.04. The largest absolute Gasteiger partial charge is 0.273 e. The quantitative estimate of drug-likeness (QED) is 0.458. The van der Waals surface area contributed by atoms with Crippen LogP contribution in [0.1, 0.15) is 58.8 Å². The second kappa shape index (κ2) is 6.88. The maximum atomic E-state index is 12.1. The molecule has 1 fully saturated rings. The van der Waals surface area contributed by atoms with Crippen molar-refractivity contribution in [3.05, 3.63) is 12.2 Å². The maximum Gasteiger partial charge on any atom is 0.243 e. The Morgan fingerprint density at radius 3 is 2.47 bits per heavy atom. The summed E-state index contributed by atoms with van der Waals surface area (Å²) in [5.74, 6) is 1.59. The Morgan fingerprint density at radius 1 is 1.26 bits per heavy atom. The summed E-state index contributed by atoms with van der Waals surface area (Å²) in [5, 5.41) is 4.23. The molecule has 3 heteroatoms. The van der Waals surface area contributed by atoms with E-state index in [1.54, 1.807) is 0 Å². The Kier molecular flexibility index (Phi) is 5.17. The maximum absolute atomic E-state index is 12.1. The minimum Gasteiger partial charge on any atom is -0.273 e. The minimum absolute atomic E-state index is 0.146. The normalized spacial score (nSPS) is 31.9. The third kappa shape index (κ3) is 3.92. The van der Waals surface area contributed by atoms with Crippen LogP contribution in [0.15, 0.2) is 17.3 Å². The van der Waals surface area contributed by atoms with Crippen LogP contribution < -0.4 is 5.43 Å². The van der Waals surface area contributed by atoms with Crippen molar-refractivity contribution in [2.75, 3.05) is 0 Å². The minimum atomic E-state index is 0.146. The predicted molar refractivity (Wildman–Crippen MR) is 78.9 cm³/mol. The van der Waals surface area contributed by atoms with Crippen molar-refractivity contribution in [2.45, 2.75) is 58.8 Å². The third-order valence-electron chi connectivity index (χ3n) is 4.38. The van der Waals surface area contributed by atoms with Crippen molar-refractivity contribution in [3.63, 3.8) is 0 Å². The molecule has 0 aliphatic heterocycles. The van der Waals surface area contributed by atoms with E-state index in [0.717, 1.165) is 44.2 Å². The van der Waals surface area contributed by atoms with Crippen LogP contribution in [-0.4, -0.2) is 11.6 Å². The van der Waals surface area contributed by atoms with Crippen molar-refractivity contribution in [3.8, 4) is 0 Å². The zero-order valence-corrected chi connectivity index (χ0v) is 12.2. The van der Waals surface area contributed by atoms with Gasteiger partial charge in [-0.05, 0) is 57.3 Å². The fourth-order valence-electron chi connectivity index (χ4n) is 3.15. The molecule has 0 heterocycles. The molecule has 1 saturated carbocycles. The zero-order chi connectivity index (χ0) is 13.7. The summed E-state index contributed by atoms with van der Waals surface area (Å²) in [6.07, 6.45) is 12.4. The van der Waals surface area contributed by atoms with E-state index in [4.69, 9.17) is 0 Å². The molecule has 106 valence electrons. The van der Waals surface area contributed by atoms with Crippen molar-refractivity contribution in [1.82, 2.24) is 5.43 Å². The van der Waals surface area contributed by atoms with Crippen LogP contribution >= 0.6 is 0 Å². The number of allylic oxidation sites excluding steroid dienone is 2. The molecule has 3 nitrogen and oxygen atoms in total. The number of rotatable bonds is 5. The molecule has 0 saturated heterocycles. The first-order valence-electron chi connectivity index (χ1n) is 7.72. The van der Waals surface area contributed by atoms with Gasteiger partial charge in [0.2, 0.25) is 5.91 Å². The Hall–Kier alpha value is -1.12. The van der Waals surface area contributed by atoms with E-state index in [1.165, 1.54) is 6.42 Å². The van der Waals surface area contributed by atoms with Gasteiger partial charge in [-0.15, -0.1) is 0 Å². The number of unbranched alkanes of at least 4 members (excludes halogenated alkanes) is 1. The first kappa shape index (κ1) is 14.3. The predicted octanol–water partition coefficient (Wildman–Crippen LogP) is 3.66. The lowest BCUT2D eigenvalue weighted by molar-refractivity contribution is -0.122. The number of nitrogens with one attached hydrogen (secondary N) is 1. The Balaban J connectivity index is 1.78. The highest BCUT2D eigenvalue weighted by molar-refractivity contribution is 5.86. The fourth-order valence-corrected chi connectivity index (χ4v) is 3.15. The van der Waals surface area contributed by atoms with E-state index in [1.807, 2.05) is 6.92 Å². The summed E-state index contributed by atoms with van der Waals surface area (Å²) in [7, 11) is 0. The van der Waals surface area contributed by atoms with Gasteiger partial charge in [0, 0.05) is 11.6 Å². The van der Waals surface area contributed by atoms with E-state index in [2.05, 4.69) is 29.6 Å². The summed E-state index contributed by atoms with van der Waals surface area (Å²) < 4.78 is 0. The van der Waals surface area contributed by atoms with Crippen molar-refractivity contribution in [2.24, 2.45) is 22.9 Å². The molecule has 1 amide bonds. The second-order valence-corrected chi connectivity index (χ2v) is 5.91. The van der Waals surface area contributed by atoms with Gasteiger partial charge in [-0.25, -0.2) is 5.43 Å². The van der Waals surface area contributed by atoms with Gasteiger partial charge in [-0.1, -0.05) is 25.5 Å². The lowest BCUT2D eigenvalue weighted by atomic mass is 10.1. The highest BCUT2D eigenvalue weighted by Crippen LogP contribution is 2.52. The van der Waals surface area contributed by atoms with Crippen LogP contribution in [-0.2, 0) is 4.79 Å². The Labute approximate surface area is 116 Å². The number of fused-ring (bicyclic) bond motifs is 1. The monoisotopic (exact) mass is 262 g/mol. The number of amides is 1. The number of hydrogen-bond donors (Lipinski definition) is 1. The summed E-state index contributed by atoms with van der Waals surface area (Å²) >= 11 is 0. The molecule has 1 N–H and O–H groups in total. The molecule has 2 atom stereocenters. The Bertz CT molecular complexity index is 357. The molecule has 0 aromatic carbocycles. The van der Waals surface area contributed by atoms with Gasteiger partial charge in [0.05, 0.1) is 0 Å². The van der Waals surface area contributed by atoms with Gasteiger partial charge in [-0.2, -0.15) is 5.10 Å². The molecule has 19 heavy (non-hydrogen) atoms. The van der Waals surface area contributed by atoms with E-state index < -0.39 is 0 Å². The average molecular weight is 262 g/mol. The van der Waals surface area contributed by atoms with E-state index >= 15 is 0 Å². The fraction of sp³-hybridized carbons (Fsp3) is 0.750. The van der Waals surface area contributed by atoms with Crippen LogP contribution in [0.5, 0.6) is 0 Å². The number of hydrazone groups is 1. The molecule has 2 unspecified atom stereocenters. The molecule has 0 spiro atoms. The van der Waals surface area contributed by atoms with Crippen LogP contribution in [0.4, 0.5) is 0 Å². The van der Waals surface area contributed by atoms with Gasteiger partial charge in [0.25, 0.3) is 0 Å². The molecular weight excluding hydrogens is 236 g/mol. The molecule has 2 aliphatic rings. The first-order chi connectivity index (χ1) is 9.24. The first-order valence-corrected chi connectivity index (χ1v) is 7.72. The van der Waals surface area contributed by atoms with Crippen molar-refractivity contribution >= 4 is 11.6 Å². The summed E-state index contributed by atoms with van der Waals surface area (Å²) in [5.41, 5.74) is 3.82. The second-order valence-electron chi connectivity index (χ2n) is 5.91. The molecule has 0 aromatic heterocycles. The number of carbonyl (C=O) groups is 1. The number of hydrogen-bond acceptors (Lipinski definition) is 2. The topological polar surface area (TPSA) is 41.5 Å². The third-order valence-corrected chi connectivity index (χ3v) is 4.38. The lowest BCUT2D eigenvalue weighted by Crippen LogP contribution is -2.22. The highest BCUT2D eigenvalue weighted by atomic mass is 16.2. The van der Waals surface area contributed by atoms with Crippen LogP contribution in [0.3, 0.4) is 0 Å². The van der Waals surface area contributed by atoms with Gasteiger partial charge in [-0.3, -0.25) is 4.79 Å². The van der Waals surface area contributed by atoms with E-state index in [0.29, 0.717) is 11.8 Å².